The lowest BCUT2D eigenvalue weighted by Crippen LogP contribution is -2.20. The molecule has 1 rings (SSSR count). The van der Waals surface area contributed by atoms with Crippen molar-refractivity contribution in [2.45, 2.75) is 19.8 Å². The molecule has 1 N–H and O–H groups in total. The molecule has 2 heteroatoms. The second kappa shape index (κ2) is 2.67. The summed E-state index contributed by atoms with van der Waals surface area (Å²) >= 11 is 0. The second-order valence-corrected chi connectivity index (χ2v) is 2.39. The maximum absolute atomic E-state index is 10.7. The first-order valence-electron chi connectivity index (χ1n) is 3.24. The molecule has 1 heterocycles. The van der Waals surface area contributed by atoms with Crippen LogP contribution in [-0.4, -0.2) is 12.5 Å². The average molecular weight is 125 g/mol. The number of amides is 1. The van der Waals surface area contributed by atoms with Crippen molar-refractivity contribution in [1.82, 2.24) is 5.32 Å². The van der Waals surface area contributed by atoms with Gasteiger partial charge in [-0.05, 0) is 19.8 Å². The number of nitrogens with one attached hydrogen (secondary N) is 1. The highest BCUT2D eigenvalue weighted by Crippen LogP contribution is 2.04. The predicted octanol–water partition coefficient (Wildman–Crippen LogP) is 0.843. The van der Waals surface area contributed by atoms with Gasteiger partial charge in [0.15, 0.2) is 0 Å². The van der Waals surface area contributed by atoms with Crippen LogP contribution in [0.15, 0.2) is 11.6 Å². The molecule has 0 aromatic heterocycles. The molecular formula is C7H11NO. The van der Waals surface area contributed by atoms with E-state index < -0.39 is 0 Å². The Labute approximate surface area is 54.9 Å². The van der Waals surface area contributed by atoms with E-state index in [1.807, 2.05) is 6.92 Å². The van der Waals surface area contributed by atoms with Gasteiger partial charge in [-0.1, -0.05) is 5.57 Å². The van der Waals surface area contributed by atoms with E-state index in [1.165, 1.54) is 5.57 Å². The summed E-state index contributed by atoms with van der Waals surface area (Å²) in [5.74, 6) is 0.0602. The molecule has 2 nitrogen and oxygen atoms in total. The van der Waals surface area contributed by atoms with Crippen LogP contribution >= 0.6 is 0 Å². The Bertz CT molecular complexity index is 149. The first-order valence-corrected chi connectivity index (χ1v) is 3.24. The zero-order valence-corrected chi connectivity index (χ0v) is 5.61. The van der Waals surface area contributed by atoms with Crippen molar-refractivity contribution in [1.29, 1.82) is 0 Å². The molecule has 1 aliphatic rings. The minimum atomic E-state index is 0.0602. The smallest absolute Gasteiger partial charge is 0.243 e. The highest BCUT2D eigenvalue weighted by Gasteiger charge is 2.01. The zero-order valence-electron chi connectivity index (χ0n) is 5.61. The standard InChI is InChI=1S/C7H11NO/c1-6-3-2-4-8-7(9)5-6/h5H,2-4H2,1H3,(H,8,9). The molecule has 0 aliphatic carbocycles. The summed E-state index contributed by atoms with van der Waals surface area (Å²) in [6.07, 6.45) is 3.81. The Morgan fingerprint density at radius 1 is 1.67 bits per heavy atom. The van der Waals surface area contributed by atoms with Crippen molar-refractivity contribution in [2.75, 3.05) is 6.54 Å². The summed E-state index contributed by atoms with van der Waals surface area (Å²) < 4.78 is 0. The predicted molar refractivity (Wildman–Crippen MR) is 36.0 cm³/mol. The van der Waals surface area contributed by atoms with Gasteiger partial charge in [0.1, 0.15) is 0 Å². The van der Waals surface area contributed by atoms with E-state index in [0.29, 0.717) is 0 Å². The van der Waals surface area contributed by atoms with Crippen molar-refractivity contribution in [3.05, 3.63) is 11.6 Å². The van der Waals surface area contributed by atoms with Gasteiger partial charge < -0.3 is 5.32 Å². The van der Waals surface area contributed by atoms with Gasteiger partial charge in [-0.3, -0.25) is 4.79 Å². The first-order chi connectivity index (χ1) is 4.29. The molecule has 0 saturated carbocycles. The normalized spacial score (nSPS) is 20.1. The van der Waals surface area contributed by atoms with Crippen LogP contribution in [0.25, 0.3) is 0 Å². The van der Waals surface area contributed by atoms with Gasteiger partial charge >= 0.3 is 0 Å². The lowest BCUT2D eigenvalue weighted by atomic mass is 10.2. The van der Waals surface area contributed by atoms with Gasteiger partial charge in [-0.15, -0.1) is 0 Å². The second-order valence-electron chi connectivity index (χ2n) is 2.39. The van der Waals surface area contributed by atoms with Crippen LogP contribution in [0.4, 0.5) is 0 Å². The molecule has 0 unspecified atom stereocenters. The van der Waals surface area contributed by atoms with E-state index >= 15 is 0 Å². The number of rotatable bonds is 0. The molecule has 0 radical (unpaired) electrons. The van der Waals surface area contributed by atoms with E-state index in [2.05, 4.69) is 5.32 Å². The van der Waals surface area contributed by atoms with E-state index in [4.69, 9.17) is 0 Å². The molecule has 0 bridgehead atoms. The van der Waals surface area contributed by atoms with Crippen LogP contribution in [0.2, 0.25) is 0 Å². The summed E-state index contributed by atoms with van der Waals surface area (Å²) in [4.78, 5) is 10.7. The van der Waals surface area contributed by atoms with Gasteiger partial charge in [0, 0.05) is 12.6 Å². The van der Waals surface area contributed by atoms with Gasteiger partial charge in [-0.25, -0.2) is 0 Å². The highest BCUT2D eigenvalue weighted by atomic mass is 16.1. The molecule has 9 heavy (non-hydrogen) atoms. The largest absolute Gasteiger partial charge is 0.353 e. The number of hydrogen-bond donors (Lipinski definition) is 1. The fourth-order valence-corrected chi connectivity index (χ4v) is 0.926. The van der Waals surface area contributed by atoms with Gasteiger partial charge in [0.25, 0.3) is 0 Å². The van der Waals surface area contributed by atoms with Crippen LogP contribution in [0.3, 0.4) is 0 Å². The van der Waals surface area contributed by atoms with Crippen LogP contribution in [-0.2, 0) is 4.79 Å². The number of allylic oxidation sites excluding steroid dienone is 1. The molecular weight excluding hydrogens is 114 g/mol. The Kier molecular flexibility index (Phi) is 1.88. The van der Waals surface area contributed by atoms with Gasteiger partial charge in [-0.2, -0.15) is 0 Å². The SMILES string of the molecule is CC1=CC(=O)NCCC1. The first kappa shape index (κ1) is 6.33. The molecule has 0 spiro atoms. The Hall–Kier alpha value is -0.790. The van der Waals surface area contributed by atoms with Crippen LogP contribution < -0.4 is 5.32 Å². The van der Waals surface area contributed by atoms with Crippen molar-refractivity contribution in [3.8, 4) is 0 Å². The number of carbonyl (C=O) groups is 1. The Morgan fingerprint density at radius 2 is 2.44 bits per heavy atom. The minimum Gasteiger partial charge on any atom is -0.353 e. The third-order valence-corrected chi connectivity index (χ3v) is 1.42. The molecule has 0 fully saturated rings. The molecule has 50 valence electrons. The lowest BCUT2D eigenvalue weighted by molar-refractivity contribution is -0.116. The summed E-state index contributed by atoms with van der Waals surface area (Å²) in [5, 5.41) is 2.76. The van der Waals surface area contributed by atoms with Crippen molar-refractivity contribution < 1.29 is 4.79 Å². The number of carbonyl (C=O) groups excluding carboxylic acids is 1. The fourth-order valence-electron chi connectivity index (χ4n) is 0.926. The third-order valence-electron chi connectivity index (χ3n) is 1.42. The third kappa shape index (κ3) is 1.88. The molecule has 0 aromatic rings. The van der Waals surface area contributed by atoms with Crippen molar-refractivity contribution in [3.63, 3.8) is 0 Å². The molecule has 0 saturated heterocycles. The Morgan fingerprint density at radius 3 is 3.22 bits per heavy atom. The van der Waals surface area contributed by atoms with E-state index in [-0.39, 0.29) is 5.91 Å². The van der Waals surface area contributed by atoms with E-state index in [0.717, 1.165) is 19.4 Å². The summed E-state index contributed by atoms with van der Waals surface area (Å²) in [5.41, 5.74) is 1.19. The van der Waals surface area contributed by atoms with Crippen LogP contribution in [0, 0.1) is 0 Å². The van der Waals surface area contributed by atoms with Crippen LogP contribution in [0.1, 0.15) is 19.8 Å². The quantitative estimate of drug-likeness (QED) is 0.510. The summed E-state index contributed by atoms with van der Waals surface area (Å²) in [6.45, 7) is 2.82. The lowest BCUT2D eigenvalue weighted by Gasteiger charge is -1.93. The monoisotopic (exact) mass is 125 g/mol. The molecule has 0 atom stereocenters. The molecule has 1 aliphatic heterocycles. The maximum Gasteiger partial charge on any atom is 0.243 e. The number of hydrogen-bond acceptors (Lipinski definition) is 1. The fraction of sp³-hybridized carbons (Fsp3) is 0.571. The Balaban J connectivity index is 2.59. The van der Waals surface area contributed by atoms with Crippen molar-refractivity contribution in [2.24, 2.45) is 0 Å². The molecule has 1 amide bonds. The minimum absolute atomic E-state index is 0.0602. The van der Waals surface area contributed by atoms with E-state index in [9.17, 15) is 4.79 Å². The van der Waals surface area contributed by atoms with Gasteiger partial charge in [0.2, 0.25) is 5.91 Å². The summed E-state index contributed by atoms with van der Waals surface area (Å²) in [6, 6.07) is 0. The van der Waals surface area contributed by atoms with Gasteiger partial charge in [0.05, 0.1) is 0 Å². The average Bonchev–Trinajstić information content (AvgIpc) is 1.93. The highest BCUT2D eigenvalue weighted by molar-refractivity contribution is 5.88. The van der Waals surface area contributed by atoms with Crippen LogP contribution in [0.5, 0.6) is 0 Å². The summed E-state index contributed by atoms with van der Waals surface area (Å²) in [7, 11) is 0. The topological polar surface area (TPSA) is 29.1 Å². The molecule has 0 aromatic carbocycles. The van der Waals surface area contributed by atoms with Crippen molar-refractivity contribution >= 4 is 5.91 Å². The van der Waals surface area contributed by atoms with E-state index in [1.54, 1.807) is 6.08 Å². The maximum atomic E-state index is 10.7. The zero-order chi connectivity index (χ0) is 6.69.